The summed E-state index contributed by atoms with van der Waals surface area (Å²) in [7, 11) is 0. The van der Waals surface area contributed by atoms with Crippen LogP contribution in [0.4, 0.5) is 17.6 Å². The van der Waals surface area contributed by atoms with Crippen LogP contribution in [0.3, 0.4) is 0 Å². The van der Waals surface area contributed by atoms with E-state index in [1.54, 1.807) is 60.7 Å². The number of carbonyl (C=O) groups excluding carboxylic acids is 2. The normalized spacial score (nSPS) is 10.3. The SMILES string of the molecule is N#Cc1ccc(-c2ccc(OC(=O)c3ccc(Cc4ccc(C(=O)Oc5ccc(-c6ccc(C#N)c(F)c6)c(F)c5)cc4)cc3)cc2F)cc1F.NCN. The standard InChI is InChI=1S/C41H22F4N2O4.CH6N2/c42-36-18-28(9-11-30(36)22-46)34-15-13-32(20-38(34)44)50-40(48)26-5-1-24(2-6-26)17-25-3-7-27(8-4-25)41(49)51-33-14-16-35(39(45)21-33)29-10-12-31(23-47)37(43)19-29;2-1-3/h1-16,18-21H,17H2;1-3H2. The number of halogens is 4. The Balaban J connectivity index is 0.00000181. The summed E-state index contributed by atoms with van der Waals surface area (Å²) in [4.78, 5) is 25.4. The molecule has 4 N–H and O–H groups in total. The molecule has 0 aliphatic carbocycles. The zero-order valence-electron chi connectivity index (χ0n) is 28.2. The summed E-state index contributed by atoms with van der Waals surface area (Å²) in [6, 6.07) is 31.6. The zero-order chi connectivity index (χ0) is 38.8. The fraction of sp³-hybridized carbons (Fsp3) is 0.0476. The van der Waals surface area contributed by atoms with E-state index in [-0.39, 0.29) is 62.7 Å². The highest BCUT2D eigenvalue weighted by Gasteiger charge is 2.16. The van der Waals surface area contributed by atoms with Gasteiger partial charge in [-0.25, -0.2) is 27.2 Å². The van der Waals surface area contributed by atoms with E-state index in [1.807, 2.05) is 0 Å². The molecule has 0 saturated heterocycles. The van der Waals surface area contributed by atoms with E-state index < -0.39 is 35.2 Å². The van der Waals surface area contributed by atoms with Crippen LogP contribution in [0.1, 0.15) is 43.0 Å². The van der Waals surface area contributed by atoms with Gasteiger partial charge in [-0.3, -0.25) is 0 Å². The molecule has 6 rings (SSSR count). The molecule has 268 valence electrons. The van der Waals surface area contributed by atoms with Crippen LogP contribution in [-0.2, 0) is 6.42 Å². The number of hydrogen-bond donors (Lipinski definition) is 2. The van der Waals surface area contributed by atoms with Gasteiger partial charge in [-0.2, -0.15) is 10.5 Å². The van der Waals surface area contributed by atoms with Gasteiger partial charge in [0.2, 0.25) is 0 Å². The molecule has 6 aromatic rings. The van der Waals surface area contributed by atoms with Crippen molar-refractivity contribution in [3.8, 4) is 45.9 Å². The first-order chi connectivity index (χ1) is 26.0. The monoisotopic (exact) mass is 728 g/mol. The molecule has 0 saturated carbocycles. The van der Waals surface area contributed by atoms with Crippen molar-refractivity contribution >= 4 is 11.9 Å². The molecule has 54 heavy (non-hydrogen) atoms. The quantitative estimate of drug-likeness (QED) is 0.0689. The van der Waals surface area contributed by atoms with Crippen LogP contribution >= 0.6 is 0 Å². The number of nitrogens with zero attached hydrogens (tertiary/aromatic N) is 2. The number of rotatable bonds is 8. The van der Waals surface area contributed by atoms with Crippen LogP contribution in [0.15, 0.2) is 121 Å². The van der Waals surface area contributed by atoms with E-state index in [0.29, 0.717) is 6.42 Å². The molecule has 0 aromatic heterocycles. The second-order valence-corrected chi connectivity index (χ2v) is 11.5. The molecule has 0 bridgehead atoms. The van der Waals surface area contributed by atoms with Crippen molar-refractivity contribution in [1.82, 2.24) is 0 Å². The fourth-order valence-electron chi connectivity index (χ4n) is 5.22. The Morgan fingerprint density at radius 2 is 0.889 bits per heavy atom. The highest BCUT2D eigenvalue weighted by Crippen LogP contribution is 2.30. The lowest BCUT2D eigenvalue weighted by Crippen LogP contribution is -2.09. The minimum absolute atomic E-state index is 0.0417. The maximum absolute atomic E-state index is 14.8. The molecular weight excluding hydrogens is 700 g/mol. The van der Waals surface area contributed by atoms with Gasteiger partial charge >= 0.3 is 11.9 Å². The summed E-state index contributed by atoms with van der Waals surface area (Å²) in [5.41, 5.74) is 11.7. The Kier molecular flexibility index (Phi) is 12.3. The van der Waals surface area contributed by atoms with Gasteiger partial charge in [0.1, 0.15) is 46.9 Å². The lowest BCUT2D eigenvalue weighted by molar-refractivity contribution is 0.0724. The van der Waals surface area contributed by atoms with Gasteiger partial charge in [-0.1, -0.05) is 36.4 Å². The van der Waals surface area contributed by atoms with Crippen molar-refractivity contribution in [2.75, 3.05) is 6.67 Å². The lowest BCUT2D eigenvalue weighted by Gasteiger charge is -2.09. The van der Waals surface area contributed by atoms with Crippen LogP contribution in [0.5, 0.6) is 11.5 Å². The topological polar surface area (TPSA) is 152 Å². The highest BCUT2D eigenvalue weighted by molar-refractivity contribution is 5.92. The van der Waals surface area contributed by atoms with E-state index in [1.165, 1.54) is 48.5 Å². The molecule has 0 spiro atoms. The maximum Gasteiger partial charge on any atom is 0.343 e. The molecule has 0 amide bonds. The number of carbonyl (C=O) groups is 2. The second kappa shape index (κ2) is 17.4. The average molecular weight is 729 g/mol. The van der Waals surface area contributed by atoms with Crippen LogP contribution in [0, 0.1) is 45.9 Å². The number of hydrogen-bond acceptors (Lipinski definition) is 8. The summed E-state index contributed by atoms with van der Waals surface area (Å²) in [6.45, 7) is 0.250. The minimum Gasteiger partial charge on any atom is -0.423 e. The van der Waals surface area contributed by atoms with Crippen molar-refractivity contribution in [1.29, 1.82) is 10.5 Å². The Morgan fingerprint density at radius 3 is 1.20 bits per heavy atom. The van der Waals surface area contributed by atoms with Gasteiger partial charge < -0.3 is 20.9 Å². The number of esters is 2. The second-order valence-electron chi connectivity index (χ2n) is 11.5. The predicted octanol–water partition coefficient (Wildman–Crippen LogP) is 8.21. The number of nitriles is 2. The molecule has 0 radical (unpaired) electrons. The zero-order valence-corrected chi connectivity index (χ0v) is 28.2. The lowest BCUT2D eigenvalue weighted by atomic mass is 10.0. The summed E-state index contributed by atoms with van der Waals surface area (Å²) in [5.74, 6) is -4.51. The van der Waals surface area contributed by atoms with Crippen LogP contribution in [-0.4, -0.2) is 18.6 Å². The smallest absolute Gasteiger partial charge is 0.343 e. The molecule has 0 aliphatic heterocycles. The molecular formula is C42H28F4N4O4. The van der Waals surface area contributed by atoms with E-state index in [9.17, 15) is 27.2 Å². The highest BCUT2D eigenvalue weighted by atomic mass is 19.1. The van der Waals surface area contributed by atoms with Gasteiger partial charge in [-0.15, -0.1) is 0 Å². The van der Waals surface area contributed by atoms with Gasteiger partial charge in [0.25, 0.3) is 0 Å². The number of nitrogens with two attached hydrogens (primary N) is 2. The number of benzene rings is 6. The van der Waals surface area contributed by atoms with E-state index >= 15 is 0 Å². The Morgan fingerprint density at radius 1 is 0.519 bits per heavy atom. The summed E-state index contributed by atoms with van der Waals surface area (Å²) < 4.78 is 68.3. The average Bonchev–Trinajstić information content (AvgIpc) is 3.16. The minimum atomic E-state index is -0.772. The van der Waals surface area contributed by atoms with Gasteiger partial charge in [0.05, 0.1) is 22.3 Å². The van der Waals surface area contributed by atoms with E-state index in [4.69, 9.17) is 20.0 Å². The van der Waals surface area contributed by atoms with E-state index in [0.717, 1.165) is 35.4 Å². The Hall–Kier alpha value is -7.12. The molecule has 6 aromatic carbocycles. The molecule has 0 aliphatic rings. The summed E-state index contributed by atoms with van der Waals surface area (Å²) in [6.07, 6.45) is 0.468. The third-order valence-corrected chi connectivity index (χ3v) is 7.89. The fourth-order valence-corrected chi connectivity index (χ4v) is 5.22. The van der Waals surface area contributed by atoms with Crippen LogP contribution in [0.25, 0.3) is 22.3 Å². The van der Waals surface area contributed by atoms with Crippen molar-refractivity contribution in [3.63, 3.8) is 0 Å². The van der Waals surface area contributed by atoms with Crippen LogP contribution in [0.2, 0.25) is 0 Å². The largest absolute Gasteiger partial charge is 0.423 e. The summed E-state index contributed by atoms with van der Waals surface area (Å²) >= 11 is 0. The van der Waals surface area contributed by atoms with Crippen molar-refractivity contribution < 1.29 is 36.6 Å². The van der Waals surface area contributed by atoms with Gasteiger partial charge in [0.15, 0.2) is 0 Å². The van der Waals surface area contributed by atoms with Crippen molar-refractivity contribution in [2.24, 2.45) is 11.5 Å². The third-order valence-electron chi connectivity index (χ3n) is 7.89. The van der Waals surface area contributed by atoms with Gasteiger partial charge in [-0.05, 0) is 101 Å². The maximum atomic E-state index is 14.8. The molecule has 0 atom stereocenters. The first-order valence-corrected chi connectivity index (χ1v) is 16.0. The molecule has 0 fully saturated rings. The van der Waals surface area contributed by atoms with E-state index in [2.05, 4.69) is 11.5 Å². The number of ether oxygens (including phenoxy) is 2. The Bertz CT molecular complexity index is 2250. The van der Waals surface area contributed by atoms with Crippen LogP contribution < -0.4 is 20.9 Å². The summed E-state index contributed by atoms with van der Waals surface area (Å²) in [5, 5.41) is 17.8. The Labute approximate surface area is 307 Å². The molecule has 8 nitrogen and oxygen atoms in total. The van der Waals surface area contributed by atoms with Crippen molar-refractivity contribution in [3.05, 3.63) is 178 Å². The first kappa shape index (κ1) is 38.1. The molecule has 0 heterocycles. The predicted molar refractivity (Wildman–Crippen MR) is 192 cm³/mol. The van der Waals surface area contributed by atoms with Gasteiger partial charge in [0, 0.05) is 29.9 Å². The molecule has 12 heteroatoms. The van der Waals surface area contributed by atoms with Crippen molar-refractivity contribution in [2.45, 2.75) is 6.42 Å². The first-order valence-electron chi connectivity index (χ1n) is 16.0. The molecule has 0 unspecified atom stereocenters. The third kappa shape index (κ3) is 9.21.